The van der Waals surface area contributed by atoms with Gasteiger partial charge in [-0.1, -0.05) is 30.3 Å². The van der Waals surface area contributed by atoms with E-state index >= 15 is 0 Å². The summed E-state index contributed by atoms with van der Waals surface area (Å²) in [5, 5.41) is 13.2. The summed E-state index contributed by atoms with van der Waals surface area (Å²) in [6, 6.07) is 11.0. The summed E-state index contributed by atoms with van der Waals surface area (Å²) in [6.45, 7) is 3.90. The molecule has 1 unspecified atom stereocenters. The molecule has 0 amide bonds. The zero-order chi connectivity index (χ0) is 16.9. The number of nitriles is 1. The lowest BCUT2D eigenvalue weighted by molar-refractivity contribution is 0.207. The van der Waals surface area contributed by atoms with Gasteiger partial charge in [-0.2, -0.15) is 10.4 Å². The number of nitrogen functional groups attached to an aromatic ring is 1. The van der Waals surface area contributed by atoms with E-state index in [4.69, 9.17) is 20.0 Å². The Hall–Kier alpha value is -2.13. The van der Waals surface area contributed by atoms with Crippen LogP contribution in [0.5, 0.6) is 0 Å². The molecule has 0 saturated carbocycles. The van der Waals surface area contributed by atoms with Crippen molar-refractivity contribution in [1.82, 2.24) is 9.78 Å². The number of rotatable bonds is 7. The van der Waals surface area contributed by atoms with Crippen LogP contribution in [0, 0.1) is 11.3 Å². The maximum Gasteiger partial charge on any atom is 0.359 e. The lowest BCUT2D eigenvalue weighted by Crippen LogP contribution is -2.18. The second kappa shape index (κ2) is 7.42. The summed E-state index contributed by atoms with van der Waals surface area (Å²) < 4.78 is 25.6. The van der Waals surface area contributed by atoms with Gasteiger partial charge in [0.1, 0.15) is 17.5 Å². The van der Waals surface area contributed by atoms with Gasteiger partial charge in [-0.3, -0.25) is 4.57 Å². The molecule has 7 nitrogen and oxygen atoms in total. The highest BCUT2D eigenvalue weighted by atomic mass is 31.2. The van der Waals surface area contributed by atoms with Crippen molar-refractivity contribution in [2.45, 2.75) is 19.6 Å². The largest absolute Gasteiger partial charge is 0.383 e. The summed E-state index contributed by atoms with van der Waals surface area (Å²) in [4.78, 5) is 0. The third kappa shape index (κ3) is 3.45. The lowest BCUT2D eigenvalue weighted by atomic mass is 10.2. The highest BCUT2D eigenvalue weighted by Crippen LogP contribution is 2.61. The highest BCUT2D eigenvalue weighted by Gasteiger charge is 2.40. The molecule has 0 saturated heterocycles. The fraction of sp³-hybridized carbons (Fsp3) is 0.333. The minimum Gasteiger partial charge on any atom is -0.383 e. The molecule has 1 heterocycles. The van der Waals surface area contributed by atoms with Gasteiger partial charge < -0.3 is 14.8 Å². The Morgan fingerprint density at radius 1 is 1.30 bits per heavy atom. The number of hydrogen-bond acceptors (Lipinski definition) is 6. The summed E-state index contributed by atoms with van der Waals surface area (Å²) >= 11 is 0. The van der Waals surface area contributed by atoms with Crippen LogP contribution in [0.15, 0.2) is 36.5 Å². The van der Waals surface area contributed by atoms with E-state index in [1.807, 2.05) is 24.3 Å². The first-order valence-corrected chi connectivity index (χ1v) is 8.85. The van der Waals surface area contributed by atoms with Crippen LogP contribution in [0.25, 0.3) is 0 Å². The Labute approximate surface area is 135 Å². The van der Waals surface area contributed by atoms with E-state index < -0.39 is 13.4 Å². The normalized spacial score (nSPS) is 12.7. The van der Waals surface area contributed by atoms with Gasteiger partial charge in [-0.15, -0.1) is 0 Å². The quantitative estimate of drug-likeness (QED) is 0.780. The minimum atomic E-state index is -3.59. The second-order valence-corrected chi connectivity index (χ2v) is 6.74. The smallest absolute Gasteiger partial charge is 0.359 e. The molecule has 1 atom stereocenters. The van der Waals surface area contributed by atoms with Crippen molar-refractivity contribution in [3.63, 3.8) is 0 Å². The van der Waals surface area contributed by atoms with Gasteiger partial charge in [-0.25, -0.2) is 4.68 Å². The van der Waals surface area contributed by atoms with Crippen molar-refractivity contribution in [3.8, 4) is 6.07 Å². The van der Waals surface area contributed by atoms with Crippen LogP contribution < -0.4 is 5.73 Å². The molecule has 122 valence electrons. The van der Waals surface area contributed by atoms with Crippen LogP contribution >= 0.6 is 7.60 Å². The van der Waals surface area contributed by atoms with Crippen molar-refractivity contribution in [2.75, 3.05) is 18.9 Å². The van der Waals surface area contributed by atoms with Crippen molar-refractivity contribution in [3.05, 3.63) is 47.7 Å². The monoisotopic (exact) mass is 334 g/mol. The van der Waals surface area contributed by atoms with Gasteiger partial charge in [-0.05, 0) is 19.4 Å². The first-order chi connectivity index (χ1) is 11.1. The molecular formula is C15H19N4O3P. The van der Waals surface area contributed by atoms with Gasteiger partial charge in [0.25, 0.3) is 0 Å². The van der Waals surface area contributed by atoms with E-state index in [1.54, 1.807) is 26.0 Å². The number of aromatic nitrogens is 2. The third-order valence-electron chi connectivity index (χ3n) is 3.20. The molecule has 0 fully saturated rings. The van der Waals surface area contributed by atoms with Crippen molar-refractivity contribution >= 4 is 13.4 Å². The molecule has 0 aliphatic heterocycles. The molecule has 1 aromatic heterocycles. The Balaban J connectivity index is 2.63. The van der Waals surface area contributed by atoms with Gasteiger partial charge in [0, 0.05) is 0 Å². The fourth-order valence-electron chi connectivity index (χ4n) is 2.27. The molecule has 0 radical (unpaired) electrons. The molecule has 0 bridgehead atoms. The van der Waals surface area contributed by atoms with Gasteiger partial charge in [0.15, 0.2) is 5.78 Å². The summed E-state index contributed by atoms with van der Waals surface area (Å²) in [7, 11) is -3.59. The number of nitrogens with two attached hydrogens (primary N) is 1. The van der Waals surface area contributed by atoms with E-state index in [0.717, 1.165) is 0 Å². The molecule has 0 aliphatic carbocycles. The molecule has 2 N–H and O–H groups in total. The SMILES string of the molecule is CCOP(=O)(OCC)C(c1ccccc1)n1ncc(C#N)c1N. The number of benzene rings is 1. The van der Waals surface area contributed by atoms with E-state index in [-0.39, 0.29) is 24.6 Å². The number of hydrogen-bond donors (Lipinski definition) is 1. The number of nitrogens with zero attached hydrogens (tertiary/aromatic N) is 3. The fourth-order valence-corrected chi connectivity index (χ4v) is 4.34. The van der Waals surface area contributed by atoms with Crippen molar-refractivity contribution in [2.24, 2.45) is 0 Å². The van der Waals surface area contributed by atoms with E-state index in [9.17, 15) is 4.57 Å². The Bertz CT molecular complexity index is 729. The van der Waals surface area contributed by atoms with E-state index in [0.29, 0.717) is 5.56 Å². The molecule has 8 heteroatoms. The summed E-state index contributed by atoms with van der Waals surface area (Å²) in [6.07, 6.45) is 1.34. The molecule has 0 aliphatic rings. The standard InChI is InChI=1S/C15H19N4O3P/c1-3-21-23(20,22-4-2)15(12-8-6-5-7-9-12)19-14(17)13(10-16)11-18-19/h5-9,11,15H,3-4,17H2,1-2H3. The summed E-state index contributed by atoms with van der Waals surface area (Å²) in [5.41, 5.74) is 6.88. The second-order valence-electron chi connectivity index (χ2n) is 4.66. The van der Waals surface area contributed by atoms with Crippen LogP contribution in [-0.4, -0.2) is 23.0 Å². The van der Waals surface area contributed by atoms with Gasteiger partial charge >= 0.3 is 7.60 Å². The van der Waals surface area contributed by atoms with Crippen LogP contribution in [-0.2, 0) is 13.6 Å². The molecule has 23 heavy (non-hydrogen) atoms. The van der Waals surface area contributed by atoms with Gasteiger partial charge in [0.05, 0.1) is 19.4 Å². The maximum atomic E-state index is 13.3. The Morgan fingerprint density at radius 3 is 2.39 bits per heavy atom. The first-order valence-electron chi connectivity index (χ1n) is 7.24. The van der Waals surface area contributed by atoms with Crippen LogP contribution in [0.3, 0.4) is 0 Å². The van der Waals surface area contributed by atoms with E-state index in [2.05, 4.69) is 5.10 Å². The van der Waals surface area contributed by atoms with Crippen LogP contribution in [0.2, 0.25) is 0 Å². The Morgan fingerprint density at radius 2 is 1.91 bits per heavy atom. The molecule has 1 aromatic carbocycles. The Kier molecular flexibility index (Phi) is 5.56. The van der Waals surface area contributed by atoms with Crippen LogP contribution in [0.1, 0.15) is 30.8 Å². The van der Waals surface area contributed by atoms with E-state index in [1.165, 1.54) is 10.9 Å². The third-order valence-corrected chi connectivity index (χ3v) is 5.55. The predicted octanol–water partition coefficient (Wildman–Crippen LogP) is 3.15. The predicted molar refractivity (Wildman–Crippen MR) is 86.8 cm³/mol. The van der Waals surface area contributed by atoms with Crippen LogP contribution in [0.4, 0.5) is 5.82 Å². The molecule has 2 rings (SSSR count). The highest BCUT2D eigenvalue weighted by molar-refractivity contribution is 7.54. The topological polar surface area (TPSA) is 103 Å². The lowest BCUT2D eigenvalue weighted by Gasteiger charge is -2.27. The molecule has 0 spiro atoms. The molecule has 2 aromatic rings. The molecular weight excluding hydrogens is 315 g/mol. The average molecular weight is 334 g/mol. The summed E-state index contributed by atoms with van der Waals surface area (Å²) in [5.74, 6) is -0.730. The maximum absolute atomic E-state index is 13.3. The van der Waals surface area contributed by atoms with Crippen molar-refractivity contribution < 1.29 is 13.6 Å². The zero-order valence-electron chi connectivity index (χ0n) is 13.0. The minimum absolute atomic E-state index is 0.126. The first kappa shape index (κ1) is 17.2. The zero-order valence-corrected chi connectivity index (χ0v) is 13.9. The van der Waals surface area contributed by atoms with Crippen molar-refractivity contribution in [1.29, 1.82) is 5.26 Å². The number of anilines is 1. The van der Waals surface area contributed by atoms with Gasteiger partial charge in [0.2, 0.25) is 0 Å². The average Bonchev–Trinajstić information content (AvgIpc) is 2.90.